The van der Waals surface area contributed by atoms with Crippen LogP contribution >= 0.6 is 11.6 Å². The summed E-state index contributed by atoms with van der Waals surface area (Å²) in [6, 6.07) is 15.4. The van der Waals surface area contributed by atoms with Gasteiger partial charge in [-0.1, -0.05) is 67.1 Å². The van der Waals surface area contributed by atoms with Gasteiger partial charge in [-0.25, -0.2) is 0 Å². The largest absolute Gasteiger partial charge is 0.495 e. The fourth-order valence-corrected chi connectivity index (χ4v) is 2.67. The van der Waals surface area contributed by atoms with Crippen molar-refractivity contribution in [2.45, 2.75) is 19.8 Å². The van der Waals surface area contributed by atoms with Gasteiger partial charge in [-0.15, -0.1) is 0 Å². The van der Waals surface area contributed by atoms with Crippen molar-refractivity contribution in [1.82, 2.24) is 0 Å². The van der Waals surface area contributed by atoms with Gasteiger partial charge < -0.3 is 10.1 Å². The number of benzene rings is 2. The number of carbonyl (C=O) groups excluding carboxylic acids is 1. The number of nitrogens with one attached hydrogen (secondary N) is 1. The van der Waals surface area contributed by atoms with Crippen molar-refractivity contribution < 1.29 is 9.53 Å². The minimum Gasteiger partial charge on any atom is -0.495 e. The van der Waals surface area contributed by atoms with Gasteiger partial charge in [-0.3, -0.25) is 4.79 Å². The first kappa shape index (κ1) is 19.8. The minimum absolute atomic E-state index is 0.168. The number of hydrogen-bond acceptors (Lipinski definition) is 2. The van der Waals surface area contributed by atoms with E-state index in [1.54, 1.807) is 31.4 Å². The molecule has 1 unspecified atom stereocenters. The molecule has 2 rings (SSSR count). The highest BCUT2D eigenvalue weighted by atomic mass is 35.5. The van der Waals surface area contributed by atoms with Crippen molar-refractivity contribution in [3.05, 3.63) is 77.3 Å². The van der Waals surface area contributed by atoms with Crippen LogP contribution in [0.25, 0.3) is 6.08 Å². The average Bonchev–Trinajstić information content (AvgIpc) is 2.64. The van der Waals surface area contributed by atoms with E-state index in [0.29, 0.717) is 22.4 Å². The summed E-state index contributed by atoms with van der Waals surface area (Å²) in [7, 11) is 1.55. The summed E-state index contributed by atoms with van der Waals surface area (Å²) in [5, 5.41) is 3.26. The van der Waals surface area contributed by atoms with E-state index in [-0.39, 0.29) is 5.91 Å². The van der Waals surface area contributed by atoms with Crippen LogP contribution in [0.3, 0.4) is 0 Å². The van der Waals surface area contributed by atoms with E-state index in [9.17, 15) is 4.79 Å². The van der Waals surface area contributed by atoms with Crippen molar-refractivity contribution in [2.24, 2.45) is 5.92 Å². The Labute approximate surface area is 160 Å². The molecule has 0 aliphatic rings. The van der Waals surface area contributed by atoms with Gasteiger partial charge in [0.15, 0.2) is 0 Å². The van der Waals surface area contributed by atoms with Crippen LogP contribution in [-0.4, -0.2) is 13.0 Å². The van der Waals surface area contributed by atoms with E-state index in [1.165, 1.54) is 5.56 Å². The average molecular weight is 370 g/mol. The first-order valence-corrected chi connectivity index (χ1v) is 9.00. The molecule has 4 heteroatoms. The Hall–Kier alpha value is -2.52. The van der Waals surface area contributed by atoms with Crippen molar-refractivity contribution in [1.29, 1.82) is 0 Å². The van der Waals surface area contributed by atoms with Crippen LogP contribution in [0, 0.1) is 5.92 Å². The van der Waals surface area contributed by atoms with Crippen molar-refractivity contribution in [2.75, 3.05) is 12.4 Å². The second-order valence-corrected chi connectivity index (χ2v) is 6.47. The van der Waals surface area contributed by atoms with Crippen LogP contribution in [0.5, 0.6) is 5.75 Å². The number of ether oxygens (including phenoxy) is 1. The highest BCUT2D eigenvalue weighted by Gasteiger charge is 2.03. The number of hydrogen-bond donors (Lipinski definition) is 1. The van der Waals surface area contributed by atoms with Gasteiger partial charge in [0.05, 0.1) is 12.1 Å². The van der Waals surface area contributed by atoms with E-state index < -0.39 is 0 Å². The zero-order valence-corrected chi connectivity index (χ0v) is 15.9. The lowest BCUT2D eigenvalue weighted by atomic mass is 10.0. The highest BCUT2D eigenvalue weighted by molar-refractivity contribution is 6.32. The van der Waals surface area contributed by atoms with Gasteiger partial charge in [0, 0.05) is 5.69 Å². The first-order chi connectivity index (χ1) is 12.6. The number of methoxy groups -OCH3 is 1. The molecule has 0 aliphatic heterocycles. The SMILES string of the molecule is COc1ccc(NC(=O)/C=C/CCC(C)/C=C/c2ccccc2)cc1Cl. The summed E-state index contributed by atoms with van der Waals surface area (Å²) in [6.07, 6.45) is 9.62. The lowest BCUT2D eigenvalue weighted by Crippen LogP contribution is -2.07. The molecule has 0 saturated heterocycles. The molecule has 0 radical (unpaired) electrons. The molecule has 136 valence electrons. The highest BCUT2D eigenvalue weighted by Crippen LogP contribution is 2.27. The molecule has 0 saturated carbocycles. The van der Waals surface area contributed by atoms with Crippen molar-refractivity contribution >= 4 is 29.3 Å². The second kappa shape index (κ2) is 10.5. The summed E-state index contributed by atoms with van der Waals surface area (Å²) >= 11 is 6.05. The van der Waals surface area contributed by atoms with E-state index in [4.69, 9.17) is 16.3 Å². The maximum Gasteiger partial charge on any atom is 0.248 e. The van der Waals surface area contributed by atoms with Crippen molar-refractivity contribution in [3.63, 3.8) is 0 Å². The summed E-state index contributed by atoms with van der Waals surface area (Å²) in [5.41, 5.74) is 1.84. The maximum atomic E-state index is 11.9. The number of rotatable bonds is 8. The fraction of sp³-hybridized carbons (Fsp3) is 0.227. The van der Waals surface area contributed by atoms with Crippen LogP contribution in [0.4, 0.5) is 5.69 Å². The van der Waals surface area contributed by atoms with Gasteiger partial charge in [0.1, 0.15) is 5.75 Å². The Morgan fingerprint density at radius 2 is 2.00 bits per heavy atom. The van der Waals surface area contributed by atoms with E-state index >= 15 is 0 Å². The van der Waals surface area contributed by atoms with Gasteiger partial charge in [-0.05, 0) is 48.6 Å². The van der Waals surface area contributed by atoms with E-state index in [0.717, 1.165) is 12.8 Å². The molecule has 1 N–H and O–H groups in total. The predicted molar refractivity (Wildman–Crippen MR) is 110 cm³/mol. The molecular formula is C22H24ClNO2. The normalized spacial score (nSPS) is 12.4. The zero-order valence-electron chi connectivity index (χ0n) is 15.1. The number of anilines is 1. The van der Waals surface area contributed by atoms with Crippen LogP contribution < -0.4 is 10.1 Å². The smallest absolute Gasteiger partial charge is 0.248 e. The monoisotopic (exact) mass is 369 g/mol. The lowest BCUT2D eigenvalue weighted by Gasteiger charge is -2.06. The third kappa shape index (κ3) is 6.77. The molecule has 3 nitrogen and oxygen atoms in total. The summed E-state index contributed by atoms with van der Waals surface area (Å²) < 4.78 is 5.09. The predicted octanol–water partition coefficient (Wildman–Crippen LogP) is 5.97. The first-order valence-electron chi connectivity index (χ1n) is 8.63. The van der Waals surface area contributed by atoms with Gasteiger partial charge >= 0.3 is 0 Å². The van der Waals surface area contributed by atoms with E-state index in [1.807, 2.05) is 24.3 Å². The Balaban J connectivity index is 1.74. The molecule has 2 aromatic rings. The molecule has 0 spiro atoms. The molecule has 0 aromatic heterocycles. The van der Waals surface area contributed by atoms with Crippen LogP contribution in [0.1, 0.15) is 25.3 Å². The molecule has 1 atom stereocenters. The molecule has 0 bridgehead atoms. The van der Waals surface area contributed by atoms with Gasteiger partial charge in [0.2, 0.25) is 5.91 Å². The third-order valence-electron chi connectivity index (χ3n) is 3.89. The van der Waals surface area contributed by atoms with E-state index in [2.05, 4.69) is 36.5 Å². The fourth-order valence-electron chi connectivity index (χ4n) is 2.41. The maximum absolute atomic E-state index is 11.9. The number of carbonyl (C=O) groups is 1. The van der Waals surface area contributed by atoms with Crippen molar-refractivity contribution in [3.8, 4) is 5.75 Å². The lowest BCUT2D eigenvalue weighted by molar-refractivity contribution is -0.111. The Bertz CT molecular complexity index is 769. The Morgan fingerprint density at radius 3 is 2.69 bits per heavy atom. The van der Waals surface area contributed by atoms with Crippen LogP contribution in [0.15, 0.2) is 66.8 Å². The Morgan fingerprint density at radius 1 is 1.23 bits per heavy atom. The number of amides is 1. The molecule has 0 aliphatic carbocycles. The minimum atomic E-state index is -0.168. The molecule has 26 heavy (non-hydrogen) atoms. The summed E-state index contributed by atoms with van der Waals surface area (Å²) in [4.78, 5) is 11.9. The molecule has 0 fully saturated rings. The van der Waals surface area contributed by atoms with Crippen LogP contribution in [0.2, 0.25) is 5.02 Å². The van der Waals surface area contributed by atoms with Gasteiger partial charge in [-0.2, -0.15) is 0 Å². The quantitative estimate of drug-likeness (QED) is 0.582. The summed E-state index contributed by atoms with van der Waals surface area (Å²) in [6.45, 7) is 2.17. The number of allylic oxidation sites excluding steroid dienone is 2. The Kier molecular flexibility index (Phi) is 7.97. The van der Waals surface area contributed by atoms with Gasteiger partial charge in [0.25, 0.3) is 0 Å². The summed E-state index contributed by atoms with van der Waals surface area (Å²) in [5.74, 6) is 0.861. The molecule has 1 amide bonds. The van der Waals surface area contributed by atoms with Crippen LogP contribution in [-0.2, 0) is 4.79 Å². The third-order valence-corrected chi connectivity index (χ3v) is 4.19. The standard InChI is InChI=1S/C22H24ClNO2/c1-17(12-13-18-9-4-3-5-10-18)8-6-7-11-22(25)24-19-14-15-21(26-2)20(23)16-19/h3-5,7,9-17H,6,8H2,1-2H3,(H,24,25)/b11-7+,13-12+. The molecular weight excluding hydrogens is 346 g/mol. The topological polar surface area (TPSA) is 38.3 Å². The molecule has 2 aromatic carbocycles. The molecule has 0 heterocycles. The zero-order chi connectivity index (χ0) is 18.8. The number of halogens is 1. The second-order valence-electron chi connectivity index (χ2n) is 6.07.